The molecule has 35 heavy (non-hydrogen) atoms. The summed E-state index contributed by atoms with van der Waals surface area (Å²) in [5.74, 6) is 1.58. The quantitative estimate of drug-likeness (QED) is 0.583. The summed E-state index contributed by atoms with van der Waals surface area (Å²) >= 11 is 1.17. The highest BCUT2D eigenvalue weighted by Gasteiger charge is 2.25. The van der Waals surface area contributed by atoms with E-state index in [1.54, 1.807) is 6.92 Å². The van der Waals surface area contributed by atoms with Gasteiger partial charge in [0.15, 0.2) is 11.5 Å². The second-order valence-electron chi connectivity index (χ2n) is 9.18. The van der Waals surface area contributed by atoms with Crippen LogP contribution in [-0.4, -0.2) is 58.6 Å². The normalized spacial score (nSPS) is 18.0. The van der Waals surface area contributed by atoms with Gasteiger partial charge in [0.25, 0.3) is 11.5 Å². The molecule has 2 aliphatic heterocycles. The molecule has 0 radical (unpaired) electrons. The first-order valence-corrected chi connectivity index (χ1v) is 12.7. The van der Waals surface area contributed by atoms with E-state index in [2.05, 4.69) is 17.2 Å². The summed E-state index contributed by atoms with van der Waals surface area (Å²) in [7, 11) is 0. The Balaban J connectivity index is 1.27. The Morgan fingerprint density at radius 3 is 2.71 bits per heavy atom. The van der Waals surface area contributed by atoms with Gasteiger partial charge in [-0.3, -0.25) is 19.0 Å². The van der Waals surface area contributed by atoms with E-state index >= 15 is 0 Å². The van der Waals surface area contributed by atoms with Gasteiger partial charge in [-0.2, -0.15) is 0 Å². The van der Waals surface area contributed by atoms with Crippen molar-refractivity contribution in [2.45, 2.75) is 39.3 Å². The smallest absolute Gasteiger partial charge is 0.262 e. The van der Waals surface area contributed by atoms with Crippen molar-refractivity contribution in [2.24, 2.45) is 5.92 Å². The summed E-state index contributed by atoms with van der Waals surface area (Å²) < 4.78 is 12.9. The van der Waals surface area contributed by atoms with Crippen LogP contribution in [0.2, 0.25) is 0 Å². The molecule has 1 fully saturated rings. The summed E-state index contributed by atoms with van der Waals surface area (Å²) in [5, 5.41) is 3.27. The van der Waals surface area contributed by atoms with Crippen LogP contribution < -0.4 is 20.3 Å². The highest BCUT2D eigenvalue weighted by molar-refractivity contribution is 7.20. The molecule has 10 heteroatoms. The third-order valence-corrected chi connectivity index (χ3v) is 7.82. The van der Waals surface area contributed by atoms with E-state index in [1.165, 1.54) is 22.2 Å². The molecule has 184 valence electrons. The third kappa shape index (κ3) is 4.75. The number of likely N-dealkylation sites (tertiary alicyclic amines) is 1. The Hall–Kier alpha value is -3.40. The zero-order chi connectivity index (χ0) is 24.5. The first-order valence-electron chi connectivity index (χ1n) is 11.8. The number of ether oxygens (including phenoxy) is 2. The highest BCUT2D eigenvalue weighted by atomic mass is 32.1. The van der Waals surface area contributed by atoms with E-state index in [9.17, 15) is 14.4 Å². The number of rotatable bonds is 5. The van der Waals surface area contributed by atoms with Crippen molar-refractivity contribution in [3.63, 3.8) is 0 Å². The van der Waals surface area contributed by atoms with Crippen LogP contribution in [0.4, 0.5) is 0 Å². The van der Waals surface area contributed by atoms with Gasteiger partial charge in [-0.15, -0.1) is 11.3 Å². The number of nitrogens with zero attached hydrogens (tertiary/aromatic N) is 3. The zero-order valence-corrected chi connectivity index (χ0v) is 20.6. The highest BCUT2D eigenvalue weighted by Crippen LogP contribution is 2.31. The number of thiophene rings is 1. The van der Waals surface area contributed by atoms with Crippen LogP contribution >= 0.6 is 11.3 Å². The Bertz CT molecular complexity index is 1330. The van der Waals surface area contributed by atoms with E-state index in [4.69, 9.17) is 9.47 Å². The van der Waals surface area contributed by atoms with Gasteiger partial charge in [0, 0.05) is 13.1 Å². The van der Waals surface area contributed by atoms with Crippen molar-refractivity contribution in [3.05, 3.63) is 51.4 Å². The minimum absolute atomic E-state index is 0.0482. The summed E-state index contributed by atoms with van der Waals surface area (Å²) in [5.41, 5.74) is 0.266. The van der Waals surface area contributed by atoms with Crippen LogP contribution in [0.3, 0.4) is 0 Å². The average Bonchev–Trinajstić information content (AvgIpc) is 3.21. The van der Waals surface area contributed by atoms with Crippen molar-refractivity contribution < 1.29 is 19.1 Å². The van der Waals surface area contributed by atoms with Gasteiger partial charge in [-0.05, 0) is 43.4 Å². The number of carbonyl (C=O) groups excluding carboxylic acids is 2. The third-order valence-electron chi connectivity index (χ3n) is 6.62. The van der Waals surface area contributed by atoms with Crippen LogP contribution in [-0.2, 0) is 11.3 Å². The SMILES string of the molecule is Cc1c(C(=O)NCC2COc3ccccc3O2)sc2ncn(CC(=O)N3CCC(C)CC3)c(=O)c12. The topological polar surface area (TPSA) is 103 Å². The van der Waals surface area contributed by atoms with Crippen molar-refractivity contribution in [1.29, 1.82) is 0 Å². The molecule has 0 saturated carbocycles. The minimum Gasteiger partial charge on any atom is -0.486 e. The standard InChI is InChI=1S/C25H28N4O5S/c1-15-7-9-28(10-8-15)20(30)12-29-14-27-24-21(25(29)32)16(2)22(35-24)23(31)26-11-17-13-33-18-5-3-4-6-19(18)34-17/h3-6,14-15,17H,7-13H2,1-2H3,(H,26,31). The Labute approximate surface area is 206 Å². The maximum atomic E-state index is 13.2. The molecule has 1 N–H and O–H groups in total. The number of piperidine rings is 1. The largest absolute Gasteiger partial charge is 0.486 e. The lowest BCUT2D eigenvalue weighted by Gasteiger charge is -2.30. The molecule has 2 aliphatic rings. The number of hydrogen-bond donors (Lipinski definition) is 1. The number of aryl methyl sites for hydroxylation is 1. The minimum atomic E-state index is -0.317. The van der Waals surface area contributed by atoms with Crippen LogP contribution in [0.25, 0.3) is 10.2 Å². The number of benzene rings is 1. The molecule has 4 heterocycles. The molecule has 2 aromatic heterocycles. The van der Waals surface area contributed by atoms with E-state index in [0.29, 0.717) is 57.8 Å². The molecule has 1 saturated heterocycles. The first kappa shape index (κ1) is 23.3. The van der Waals surface area contributed by atoms with Crippen molar-refractivity contribution in [2.75, 3.05) is 26.2 Å². The summed E-state index contributed by atoms with van der Waals surface area (Å²) in [6.45, 7) is 5.91. The molecule has 9 nitrogen and oxygen atoms in total. The van der Waals surface area contributed by atoms with E-state index < -0.39 is 0 Å². The number of hydrogen-bond acceptors (Lipinski definition) is 7. The van der Waals surface area contributed by atoms with Crippen LogP contribution in [0.1, 0.15) is 35.0 Å². The lowest BCUT2D eigenvalue weighted by atomic mass is 9.99. The molecule has 3 aromatic rings. The molecule has 1 unspecified atom stereocenters. The monoisotopic (exact) mass is 496 g/mol. The first-order chi connectivity index (χ1) is 16.9. The number of carbonyl (C=O) groups is 2. The second kappa shape index (κ2) is 9.69. The Morgan fingerprint density at radius 2 is 1.94 bits per heavy atom. The number of para-hydroxylation sites is 2. The molecule has 0 bridgehead atoms. The van der Waals surface area contributed by atoms with Gasteiger partial charge in [0.1, 0.15) is 24.1 Å². The Kier molecular flexibility index (Phi) is 6.46. The van der Waals surface area contributed by atoms with E-state index in [1.807, 2.05) is 29.2 Å². The van der Waals surface area contributed by atoms with Crippen molar-refractivity contribution in [1.82, 2.24) is 19.8 Å². The van der Waals surface area contributed by atoms with Gasteiger partial charge >= 0.3 is 0 Å². The van der Waals surface area contributed by atoms with Crippen molar-refractivity contribution >= 4 is 33.4 Å². The van der Waals surface area contributed by atoms with Gasteiger partial charge in [0.05, 0.1) is 23.1 Å². The number of aromatic nitrogens is 2. The summed E-state index contributed by atoms with van der Waals surface area (Å²) in [4.78, 5) is 45.9. The van der Waals surface area contributed by atoms with Crippen LogP contribution in [0, 0.1) is 12.8 Å². The van der Waals surface area contributed by atoms with Crippen molar-refractivity contribution in [3.8, 4) is 11.5 Å². The predicted molar refractivity (Wildman–Crippen MR) is 132 cm³/mol. The average molecular weight is 497 g/mol. The molecule has 1 atom stereocenters. The molecular weight excluding hydrogens is 468 g/mol. The number of fused-ring (bicyclic) bond motifs is 2. The maximum Gasteiger partial charge on any atom is 0.262 e. The number of nitrogens with one attached hydrogen (secondary N) is 1. The fourth-order valence-corrected chi connectivity index (χ4v) is 5.50. The maximum absolute atomic E-state index is 13.2. The predicted octanol–water partition coefficient (Wildman–Crippen LogP) is 2.59. The number of amides is 2. The second-order valence-corrected chi connectivity index (χ2v) is 10.2. The Morgan fingerprint density at radius 1 is 1.20 bits per heavy atom. The van der Waals surface area contributed by atoms with E-state index in [0.717, 1.165) is 12.8 Å². The molecule has 0 aliphatic carbocycles. The van der Waals surface area contributed by atoms with E-state index in [-0.39, 0.29) is 36.6 Å². The molecule has 0 spiro atoms. The molecular formula is C25H28N4O5S. The summed E-state index contributed by atoms with van der Waals surface area (Å²) in [6.07, 6.45) is 3.04. The molecule has 2 amide bonds. The van der Waals surface area contributed by atoms with Gasteiger partial charge in [-0.25, -0.2) is 4.98 Å². The van der Waals surface area contributed by atoms with Crippen LogP contribution in [0.5, 0.6) is 11.5 Å². The lowest BCUT2D eigenvalue weighted by Crippen LogP contribution is -2.41. The van der Waals surface area contributed by atoms with Gasteiger partial charge in [-0.1, -0.05) is 19.1 Å². The lowest BCUT2D eigenvalue weighted by molar-refractivity contribution is -0.133. The fraction of sp³-hybridized carbons (Fsp3) is 0.440. The van der Waals surface area contributed by atoms with Gasteiger partial charge < -0.3 is 19.7 Å². The zero-order valence-electron chi connectivity index (χ0n) is 19.8. The molecule has 5 rings (SSSR count). The molecule has 1 aromatic carbocycles. The fourth-order valence-electron chi connectivity index (χ4n) is 4.44. The summed E-state index contributed by atoms with van der Waals surface area (Å²) in [6, 6.07) is 7.41. The van der Waals surface area contributed by atoms with Crippen LogP contribution in [0.15, 0.2) is 35.4 Å². The van der Waals surface area contributed by atoms with Gasteiger partial charge in [0.2, 0.25) is 5.91 Å².